The Morgan fingerprint density at radius 3 is 2.33 bits per heavy atom. The fourth-order valence-corrected chi connectivity index (χ4v) is 2.39. The standard InChI is InChI=1S/C18H30O3/c1-2-3-4-5-6-10-13-21-18(17(20)15-19)14-16-11-8-7-9-12-16/h7-9,11-12,17-20H,2-6,10,13-15H2,1H3. The quantitative estimate of drug-likeness (QED) is 0.581. The van der Waals surface area contributed by atoms with E-state index in [0.29, 0.717) is 13.0 Å². The minimum absolute atomic E-state index is 0.256. The van der Waals surface area contributed by atoms with Crippen LogP contribution in [0.15, 0.2) is 30.3 Å². The van der Waals surface area contributed by atoms with Gasteiger partial charge >= 0.3 is 0 Å². The minimum Gasteiger partial charge on any atom is -0.394 e. The van der Waals surface area contributed by atoms with Crippen LogP contribution in [0.1, 0.15) is 51.0 Å². The molecule has 0 saturated carbocycles. The lowest BCUT2D eigenvalue weighted by Crippen LogP contribution is -2.34. The van der Waals surface area contributed by atoms with Crippen molar-refractivity contribution in [2.24, 2.45) is 0 Å². The van der Waals surface area contributed by atoms with E-state index in [1.54, 1.807) is 0 Å². The molecular formula is C18H30O3. The molecule has 1 aromatic rings. The highest BCUT2D eigenvalue weighted by Gasteiger charge is 2.19. The van der Waals surface area contributed by atoms with Crippen molar-refractivity contribution in [2.75, 3.05) is 13.2 Å². The topological polar surface area (TPSA) is 49.7 Å². The zero-order valence-corrected chi connectivity index (χ0v) is 13.2. The molecule has 0 fully saturated rings. The maximum Gasteiger partial charge on any atom is 0.103 e. The summed E-state index contributed by atoms with van der Waals surface area (Å²) < 4.78 is 5.80. The lowest BCUT2D eigenvalue weighted by Gasteiger charge is -2.22. The van der Waals surface area contributed by atoms with Crippen LogP contribution in [0.25, 0.3) is 0 Å². The SMILES string of the molecule is CCCCCCCCOC(Cc1ccccc1)C(O)CO. The molecule has 3 nitrogen and oxygen atoms in total. The maximum atomic E-state index is 9.88. The second-order valence-corrected chi connectivity index (χ2v) is 5.62. The van der Waals surface area contributed by atoms with Crippen LogP contribution in [-0.2, 0) is 11.2 Å². The lowest BCUT2D eigenvalue weighted by atomic mass is 10.0. The van der Waals surface area contributed by atoms with Gasteiger partial charge in [0.15, 0.2) is 0 Å². The van der Waals surface area contributed by atoms with Gasteiger partial charge < -0.3 is 14.9 Å². The molecular weight excluding hydrogens is 264 g/mol. The number of ether oxygens (including phenoxy) is 1. The third kappa shape index (κ3) is 8.20. The van der Waals surface area contributed by atoms with Gasteiger partial charge in [-0.05, 0) is 12.0 Å². The van der Waals surface area contributed by atoms with E-state index in [0.717, 1.165) is 12.0 Å². The predicted octanol–water partition coefficient (Wildman–Crippen LogP) is 3.33. The highest BCUT2D eigenvalue weighted by Crippen LogP contribution is 2.11. The van der Waals surface area contributed by atoms with Crippen LogP contribution in [0, 0.1) is 0 Å². The van der Waals surface area contributed by atoms with Crippen LogP contribution in [-0.4, -0.2) is 35.6 Å². The van der Waals surface area contributed by atoms with Gasteiger partial charge in [0.25, 0.3) is 0 Å². The first kappa shape index (κ1) is 18.1. The predicted molar refractivity (Wildman–Crippen MR) is 86.4 cm³/mol. The van der Waals surface area contributed by atoms with E-state index in [-0.39, 0.29) is 12.7 Å². The summed E-state index contributed by atoms with van der Waals surface area (Å²) in [4.78, 5) is 0. The van der Waals surface area contributed by atoms with Crippen molar-refractivity contribution in [1.82, 2.24) is 0 Å². The van der Waals surface area contributed by atoms with Gasteiger partial charge in [-0.25, -0.2) is 0 Å². The molecule has 0 aliphatic rings. The average Bonchev–Trinajstić information content (AvgIpc) is 2.53. The summed E-state index contributed by atoms with van der Waals surface area (Å²) in [5.74, 6) is 0. The molecule has 2 N–H and O–H groups in total. The number of unbranched alkanes of at least 4 members (excludes halogenated alkanes) is 5. The first-order valence-corrected chi connectivity index (χ1v) is 8.22. The van der Waals surface area contributed by atoms with Crippen LogP contribution < -0.4 is 0 Å². The van der Waals surface area contributed by atoms with Gasteiger partial charge in [-0.2, -0.15) is 0 Å². The van der Waals surface area contributed by atoms with Crippen LogP contribution in [0.3, 0.4) is 0 Å². The van der Waals surface area contributed by atoms with E-state index in [4.69, 9.17) is 9.84 Å². The zero-order valence-electron chi connectivity index (χ0n) is 13.2. The summed E-state index contributed by atoms with van der Waals surface area (Å²) in [5.41, 5.74) is 1.12. The van der Waals surface area contributed by atoms with E-state index in [1.807, 2.05) is 30.3 Å². The van der Waals surface area contributed by atoms with Crippen molar-refractivity contribution in [3.8, 4) is 0 Å². The lowest BCUT2D eigenvalue weighted by molar-refractivity contribution is -0.0580. The molecule has 0 saturated heterocycles. The van der Waals surface area contributed by atoms with Crippen LogP contribution in [0.4, 0.5) is 0 Å². The van der Waals surface area contributed by atoms with Crippen molar-refractivity contribution in [3.63, 3.8) is 0 Å². The smallest absolute Gasteiger partial charge is 0.103 e. The fraction of sp³-hybridized carbons (Fsp3) is 0.667. The summed E-state index contributed by atoms with van der Waals surface area (Å²) in [6, 6.07) is 9.96. The van der Waals surface area contributed by atoms with Crippen molar-refractivity contribution in [1.29, 1.82) is 0 Å². The molecule has 1 rings (SSSR count). The Morgan fingerprint density at radius 2 is 1.67 bits per heavy atom. The molecule has 0 radical (unpaired) electrons. The van der Waals surface area contributed by atoms with Gasteiger partial charge in [0.2, 0.25) is 0 Å². The normalized spacial score (nSPS) is 14.0. The number of hydrogen-bond donors (Lipinski definition) is 2. The molecule has 0 amide bonds. The number of rotatable bonds is 12. The van der Waals surface area contributed by atoms with Crippen molar-refractivity contribution in [2.45, 2.75) is 64.1 Å². The monoisotopic (exact) mass is 294 g/mol. The van der Waals surface area contributed by atoms with Gasteiger partial charge in [0, 0.05) is 13.0 Å². The Hall–Kier alpha value is -0.900. The number of hydrogen-bond acceptors (Lipinski definition) is 3. The molecule has 120 valence electrons. The molecule has 0 spiro atoms. The molecule has 2 atom stereocenters. The van der Waals surface area contributed by atoms with E-state index >= 15 is 0 Å². The molecule has 0 aliphatic carbocycles. The second-order valence-electron chi connectivity index (χ2n) is 5.62. The summed E-state index contributed by atoms with van der Waals surface area (Å²) in [6.07, 6.45) is 6.81. The number of aliphatic hydroxyl groups is 2. The molecule has 1 aromatic carbocycles. The molecule has 0 aromatic heterocycles. The Kier molecular flexibility index (Phi) is 10.1. The van der Waals surface area contributed by atoms with Crippen molar-refractivity contribution < 1.29 is 14.9 Å². The van der Waals surface area contributed by atoms with Gasteiger partial charge in [0.05, 0.1) is 12.7 Å². The van der Waals surface area contributed by atoms with E-state index in [9.17, 15) is 5.11 Å². The minimum atomic E-state index is -0.815. The van der Waals surface area contributed by atoms with Gasteiger partial charge in [-0.15, -0.1) is 0 Å². The van der Waals surface area contributed by atoms with E-state index in [2.05, 4.69) is 6.92 Å². The first-order chi connectivity index (χ1) is 10.3. The summed E-state index contributed by atoms with van der Waals surface area (Å²) in [5, 5.41) is 19.0. The highest BCUT2D eigenvalue weighted by atomic mass is 16.5. The molecule has 0 heterocycles. The van der Waals surface area contributed by atoms with Gasteiger partial charge in [-0.1, -0.05) is 69.4 Å². The fourth-order valence-electron chi connectivity index (χ4n) is 2.39. The largest absolute Gasteiger partial charge is 0.394 e. The number of aliphatic hydroxyl groups excluding tert-OH is 2. The summed E-state index contributed by atoms with van der Waals surface area (Å²) >= 11 is 0. The average molecular weight is 294 g/mol. The first-order valence-electron chi connectivity index (χ1n) is 8.22. The van der Waals surface area contributed by atoms with E-state index < -0.39 is 6.10 Å². The van der Waals surface area contributed by atoms with E-state index in [1.165, 1.54) is 32.1 Å². The van der Waals surface area contributed by atoms with Crippen molar-refractivity contribution >= 4 is 0 Å². The number of benzene rings is 1. The van der Waals surface area contributed by atoms with Crippen LogP contribution in [0.5, 0.6) is 0 Å². The second kappa shape index (κ2) is 11.7. The van der Waals surface area contributed by atoms with Crippen LogP contribution in [0.2, 0.25) is 0 Å². The molecule has 0 aliphatic heterocycles. The Balaban J connectivity index is 2.27. The Labute approximate surface area is 129 Å². The maximum absolute atomic E-state index is 9.88. The Bertz CT molecular complexity index is 340. The van der Waals surface area contributed by atoms with Crippen LogP contribution >= 0.6 is 0 Å². The highest BCUT2D eigenvalue weighted by molar-refractivity contribution is 5.15. The molecule has 0 bridgehead atoms. The molecule has 2 unspecified atom stereocenters. The summed E-state index contributed by atoms with van der Waals surface area (Å²) in [7, 11) is 0. The van der Waals surface area contributed by atoms with Gasteiger partial charge in [0.1, 0.15) is 6.10 Å². The Morgan fingerprint density at radius 1 is 1.00 bits per heavy atom. The summed E-state index contributed by atoms with van der Waals surface area (Å²) in [6.45, 7) is 2.61. The third-order valence-corrected chi connectivity index (χ3v) is 3.73. The van der Waals surface area contributed by atoms with Crippen molar-refractivity contribution in [3.05, 3.63) is 35.9 Å². The molecule has 21 heavy (non-hydrogen) atoms. The van der Waals surface area contributed by atoms with Gasteiger partial charge in [-0.3, -0.25) is 0 Å². The molecule has 3 heteroatoms. The zero-order chi connectivity index (χ0) is 15.3. The third-order valence-electron chi connectivity index (χ3n) is 3.73.